The lowest BCUT2D eigenvalue weighted by atomic mass is 9.90. The van der Waals surface area contributed by atoms with Crippen molar-refractivity contribution in [3.63, 3.8) is 0 Å². The van der Waals surface area contributed by atoms with Gasteiger partial charge in [-0.3, -0.25) is 4.79 Å². The fourth-order valence-electron chi connectivity index (χ4n) is 3.74. The fourth-order valence-corrected chi connectivity index (χ4v) is 3.74. The number of amides is 1. The van der Waals surface area contributed by atoms with Crippen LogP contribution in [0.2, 0.25) is 0 Å². The van der Waals surface area contributed by atoms with Crippen LogP contribution >= 0.6 is 0 Å². The van der Waals surface area contributed by atoms with E-state index in [9.17, 15) is 4.79 Å². The Morgan fingerprint density at radius 3 is 2.42 bits per heavy atom. The van der Waals surface area contributed by atoms with Gasteiger partial charge in [0, 0.05) is 6.54 Å². The van der Waals surface area contributed by atoms with E-state index in [-0.39, 0.29) is 11.9 Å². The summed E-state index contributed by atoms with van der Waals surface area (Å²) in [6, 6.07) is 0.0312. The van der Waals surface area contributed by atoms with E-state index in [1.165, 1.54) is 12.8 Å². The van der Waals surface area contributed by atoms with Crippen molar-refractivity contribution in [2.45, 2.75) is 59.9 Å². The minimum absolute atomic E-state index is 0.0312. The van der Waals surface area contributed by atoms with Crippen LogP contribution in [0.4, 0.5) is 0 Å². The number of rotatable bonds is 4. The van der Waals surface area contributed by atoms with Gasteiger partial charge in [0.25, 0.3) is 0 Å². The van der Waals surface area contributed by atoms with Crippen molar-refractivity contribution < 1.29 is 4.79 Å². The number of hydrogen-bond acceptors (Lipinski definition) is 2. The Hall–Kier alpha value is -0.570. The van der Waals surface area contributed by atoms with Gasteiger partial charge in [-0.15, -0.1) is 0 Å². The van der Waals surface area contributed by atoms with Gasteiger partial charge >= 0.3 is 0 Å². The van der Waals surface area contributed by atoms with Gasteiger partial charge < -0.3 is 10.6 Å². The van der Waals surface area contributed by atoms with Crippen LogP contribution in [0, 0.1) is 22.7 Å². The van der Waals surface area contributed by atoms with Gasteiger partial charge in [0.2, 0.25) is 5.91 Å². The Morgan fingerprint density at radius 2 is 1.89 bits per heavy atom. The van der Waals surface area contributed by atoms with Crippen molar-refractivity contribution in [3.05, 3.63) is 0 Å². The summed E-state index contributed by atoms with van der Waals surface area (Å²) in [4.78, 5) is 12.2. The predicted octanol–water partition coefficient (Wildman–Crippen LogP) is 2.56. The van der Waals surface area contributed by atoms with Gasteiger partial charge in [-0.2, -0.15) is 0 Å². The lowest BCUT2D eigenvalue weighted by molar-refractivity contribution is -0.124. The molecule has 1 aliphatic carbocycles. The first-order valence-electron chi connectivity index (χ1n) is 7.81. The molecule has 0 aromatic carbocycles. The third-order valence-electron chi connectivity index (χ3n) is 6.21. The first-order valence-corrected chi connectivity index (χ1v) is 7.81. The predicted molar refractivity (Wildman–Crippen MR) is 78.9 cm³/mol. The molecule has 0 radical (unpaired) electrons. The Bertz CT molecular complexity index is 335. The van der Waals surface area contributed by atoms with Crippen LogP contribution < -0.4 is 10.6 Å². The monoisotopic (exact) mass is 266 g/mol. The summed E-state index contributed by atoms with van der Waals surface area (Å²) in [6.07, 6.45) is 3.40. The highest BCUT2D eigenvalue weighted by atomic mass is 16.2. The molecular formula is C16H30N2O. The van der Waals surface area contributed by atoms with Gasteiger partial charge in [0.05, 0.1) is 6.04 Å². The molecule has 1 aliphatic heterocycles. The summed E-state index contributed by atoms with van der Waals surface area (Å²) < 4.78 is 0. The first kappa shape index (κ1) is 14.8. The molecule has 2 aliphatic rings. The normalized spacial score (nSPS) is 32.9. The van der Waals surface area contributed by atoms with Crippen molar-refractivity contribution in [2.75, 3.05) is 13.1 Å². The molecule has 1 amide bonds. The molecular weight excluding hydrogens is 236 g/mol. The molecule has 0 aromatic heterocycles. The Morgan fingerprint density at radius 1 is 1.26 bits per heavy atom. The standard InChI is InChI=1S/C16H30N2O/c1-6-11-7-8-17-12(9-11)14(19)18-10-13-15(2,3)16(13,4)5/h11-13,17H,6-10H2,1-5H3,(H,18,19). The van der Waals surface area contributed by atoms with Gasteiger partial charge in [-0.05, 0) is 42.1 Å². The van der Waals surface area contributed by atoms with Crippen LogP contribution in [-0.2, 0) is 4.79 Å². The molecule has 3 nitrogen and oxygen atoms in total. The molecule has 19 heavy (non-hydrogen) atoms. The average Bonchev–Trinajstić information content (AvgIpc) is 2.77. The molecule has 0 aromatic rings. The van der Waals surface area contributed by atoms with E-state index < -0.39 is 0 Å². The molecule has 3 heteroatoms. The molecule has 110 valence electrons. The lowest BCUT2D eigenvalue weighted by Gasteiger charge is -2.29. The highest BCUT2D eigenvalue weighted by molar-refractivity contribution is 5.81. The lowest BCUT2D eigenvalue weighted by Crippen LogP contribution is -2.49. The van der Waals surface area contributed by atoms with Crippen LogP contribution in [0.25, 0.3) is 0 Å². The number of piperidine rings is 1. The van der Waals surface area contributed by atoms with Crippen molar-refractivity contribution in [1.29, 1.82) is 0 Å². The van der Waals surface area contributed by atoms with Crippen LogP contribution in [0.15, 0.2) is 0 Å². The van der Waals surface area contributed by atoms with Gasteiger partial charge in [-0.25, -0.2) is 0 Å². The molecule has 0 bridgehead atoms. The Balaban J connectivity index is 1.79. The Labute approximate surface area is 117 Å². The second-order valence-corrected chi connectivity index (χ2v) is 7.55. The van der Waals surface area contributed by atoms with Crippen LogP contribution in [-0.4, -0.2) is 25.0 Å². The molecule has 1 heterocycles. The summed E-state index contributed by atoms with van der Waals surface area (Å²) in [6.45, 7) is 13.2. The fraction of sp³-hybridized carbons (Fsp3) is 0.938. The van der Waals surface area contributed by atoms with E-state index >= 15 is 0 Å². The topological polar surface area (TPSA) is 41.1 Å². The van der Waals surface area contributed by atoms with Crippen LogP contribution in [0.5, 0.6) is 0 Å². The maximum atomic E-state index is 12.2. The molecule has 2 unspecified atom stereocenters. The minimum Gasteiger partial charge on any atom is -0.354 e. The SMILES string of the molecule is CCC1CCNC(C(=O)NCC2C(C)(C)C2(C)C)C1. The molecule has 1 saturated heterocycles. The quantitative estimate of drug-likeness (QED) is 0.821. The number of carbonyl (C=O) groups excluding carboxylic acids is 1. The van der Waals surface area contributed by atoms with Crippen molar-refractivity contribution in [2.24, 2.45) is 22.7 Å². The highest BCUT2D eigenvalue weighted by Crippen LogP contribution is 2.67. The average molecular weight is 266 g/mol. The number of nitrogens with one attached hydrogen (secondary N) is 2. The molecule has 2 atom stereocenters. The third kappa shape index (κ3) is 2.67. The largest absolute Gasteiger partial charge is 0.354 e. The highest BCUT2D eigenvalue weighted by Gasteiger charge is 2.64. The number of carbonyl (C=O) groups is 1. The van der Waals surface area contributed by atoms with Gasteiger partial charge in [0.15, 0.2) is 0 Å². The molecule has 2 N–H and O–H groups in total. The zero-order chi connectivity index (χ0) is 14.3. The van der Waals surface area contributed by atoms with Gasteiger partial charge in [-0.1, -0.05) is 41.0 Å². The zero-order valence-electron chi connectivity index (χ0n) is 13.2. The summed E-state index contributed by atoms with van der Waals surface area (Å²) >= 11 is 0. The van der Waals surface area contributed by atoms with Crippen molar-refractivity contribution in [1.82, 2.24) is 10.6 Å². The van der Waals surface area contributed by atoms with E-state index in [0.717, 1.165) is 19.5 Å². The second kappa shape index (κ2) is 5.08. The third-order valence-corrected chi connectivity index (χ3v) is 6.21. The molecule has 0 spiro atoms. The molecule has 1 saturated carbocycles. The second-order valence-electron chi connectivity index (χ2n) is 7.55. The zero-order valence-corrected chi connectivity index (χ0v) is 13.2. The van der Waals surface area contributed by atoms with Crippen molar-refractivity contribution in [3.8, 4) is 0 Å². The smallest absolute Gasteiger partial charge is 0.237 e. The van der Waals surface area contributed by atoms with E-state index in [2.05, 4.69) is 45.3 Å². The van der Waals surface area contributed by atoms with Crippen molar-refractivity contribution >= 4 is 5.91 Å². The Kier molecular flexibility index (Phi) is 3.97. The summed E-state index contributed by atoms with van der Waals surface area (Å²) in [5.41, 5.74) is 0.707. The summed E-state index contributed by atoms with van der Waals surface area (Å²) in [5, 5.41) is 6.53. The maximum absolute atomic E-state index is 12.2. The summed E-state index contributed by atoms with van der Waals surface area (Å²) in [7, 11) is 0. The number of hydrogen-bond donors (Lipinski definition) is 2. The van der Waals surface area contributed by atoms with Gasteiger partial charge in [0.1, 0.15) is 0 Å². The molecule has 2 rings (SSSR count). The first-order chi connectivity index (χ1) is 8.80. The molecule has 2 fully saturated rings. The minimum atomic E-state index is 0.0312. The van der Waals surface area contributed by atoms with Crippen LogP contribution in [0.3, 0.4) is 0 Å². The van der Waals surface area contributed by atoms with Crippen LogP contribution in [0.1, 0.15) is 53.9 Å². The van der Waals surface area contributed by atoms with E-state index in [1.807, 2.05) is 0 Å². The van der Waals surface area contributed by atoms with E-state index in [1.54, 1.807) is 0 Å². The van der Waals surface area contributed by atoms with E-state index in [0.29, 0.717) is 22.7 Å². The maximum Gasteiger partial charge on any atom is 0.237 e. The summed E-state index contributed by atoms with van der Waals surface area (Å²) in [5.74, 6) is 1.52. The van der Waals surface area contributed by atoms with E-state index in [4.69, 9.17) is 0 Å².